The molecule has 1 aromatic rings. The first-order valence-corrected chi connectivity index (χ1v) is 7.24. The fraction of sp³-hybridized carbons (Fsp3) is 0.625. The van der Waals surface area contributed by atoms with E-state index in [2.05, 4.69) is 49.3 Å². The van der Waals surface area contributed by atoms with Gasteiger partial charge in [-0.2, -0.15) is 0 Å². The lowest BCUT2D eigenvalue weighted by atomic mass is 10.0. The molecule has 2 rings (SSSR count). The van der Waals surface area contributed by atoms with E-state index in [1.165, 1.54) is 30.6 Å². The lowest BCUT2D eigenvalue weighted by Crippen LogP contribution is -2.35. The van der Waals surface area contributed by atoms with Gasteiger partial charge in [0.15, 0.2) is 0 Å². The van der Waals surface area contributed by atoms with Crippen LogP contribution in [0.4, 0.5) is 5.69 Å². The number of nitrogens with zero attached hydrogens (tertiary/aromatic N) is 1. The van der Waals surface area contributed by atoms with Gasteiger partial charge in [0.1, 0.15) is 5.75 Å². The summed E-state index contributed by atoms with van der Waals surface area (Å²) in [5.74, 6) is 1.47. The summed E-state index contributed by atoms with van der Waals surface area (Å²) in [6, 6.07) is 7.14. The molecule has 1 heterocycles. The van der Waals surface area contributed by atoms with Crippen molar-refractivity contribution in [3.63, 3.8) is 0 Å². The monoisotopic (exact) mass is 262 g/mol. The normalized spacial score (nSPS) is 18.9. The van der Waals surface area contributed by atoms with Gasteiger partial charge < -0.3 is 15.0 Å². The predicted octanol–water partition coefficient (Wildman–Crippen LogP) is 3.01. The van der Waals surface area contributed by atoms with Gasteiger partial charge in [-0.05, 0) is 49.1 Å². The predicted molar refractivity (Wildman–Crippen MR) is 81.4 cm³/mol. The molecule has 1 unspecified atom stereocenters. The first-order valence-electron chi connectivity index (χ1n) is 7.24. The molecule has 1 saturated heterocycles. The maximum absolute atomic E-state index is 5.44. The highest BCUT2D eigenvalue weighted by Crippen LogP contribution is 2.30. The van der Waals surface area contributed by atoms with E-state index in [1.807, 2.05) is 0 Å². The molecule has 106 valence electrons. The Kier molecular flexibility index (Phi) is 4.70. The number of hydrogen-bond donors (Lipinski definition) is 1. The number of rotatable bonds is 5. The lowest BCUT2D eigenvalue weighted by molar-refractivity contribution is 0.407. The van der Waals surface area contributed by atoms with E-state index in [4.69, 9.17) is 4.74 Å². The van der Waals surface area contributed by atoms with Crippen molar-refractivity contribution in [2.45, 2.75) is 38.6 Å². The van der Waals surface area contributed by atoms with E-state index < -0.39 is 0 Å². The van der Waals surface area contributed by atoms with Crippen LogP contribution in [0.2, 0.25) is 0 Å². The Balaban J connectivity index is 2.12. The molecular weight excluding hydrogens is 236 g/mol. The molecule has 0 radical (unpaired) electrons. The second-order valence-corrected chi connectivity index (χ2v) is 5.75. The number of methoxy groups -OCH3 is 1. The Morgan fingerprint density at radius 1 is 1.42 bits per heavy atom. The summed E-state index contributed by atoms with van der Waals surface area (Å²) < 4.78 is 5.44. The van der Waals surface area contributed by atoms with Crippen LogP contribution in [-0.4, -0.2) is 33.3 Å². The molecule has 3 nitrogen and oxygen atoms in total. The van der Waals surface area contributed by atoms with Crippen molar-refractivity contribution >= 4 is 5.69 Å². The zero-order valence-electron chi connectivity index (χ0n) is 12.6. The Hall–Kier alpha value is -1.22. The van der Waals surface area contributed by atoms with Crippen molar-refractivity contribution in [1.82, 2.24) is 5.32 Å². The summed E-state index contributed by atoms with van der Waals surface area (Å²) in [6.07, 6.45) is 2.59. The van der Waals surface area contributed by atoms with Crippen LogP contribution in [-0.2, 0) is 0 Å². The van der Waals surface area contributed by atoms with Crippen LogP contribution in [0.3, 0.4) is 0 Å². The number of anilines is 1. The van der Waals surface area contributed by atoms with Crippen LogP contribution in [0.25, 0.3) is 0 Å². The molecule has 1 N–H and O–H groups in total. The maximum atomic E-state index is 5.44. The molecule has 0 aromatic heterocycles. The third-order valence-corrected chi connectivity index (χ3v) is 3.93. The van der Waals surface area contributed by atoms with Crippen LogP contribution in [0.1, 0.15) is 38.2 Å². The molecule has 1 aromatic carbocycles. The maximum Gasteiger partial charge on any atom is 0.122 e. The summed E-state index contributed by atoms with van der Waals surface area (Å²) >= 11 is 0. The minimum Gasteiger partial charge on any atom is -0.496 e. The molecular formula is C16H26N2O. The van der Waals surface area contributed by atoms with Crippen molar-refractivity contribution in [2.75, 3.05) is 32.1 Å². The van der Waals surface area contributed by atoms with E-state index in [0.29, 0.717) is 12.0 Å². The SMILES string of the molecule is COc1ccc(N(C)CC2CCCN2)cc1C(C)C. The molecule has 19 heavy (non-hydrogen) atoms. The first-order chi connectivity index (χ1) is 9.11. The molecule has 3 heteroatoms. The van der Waals surface area contributed by atoms with Gasteiger partial charge in [-0.3, -0.25) is 0 Å². The smallest absolute Gasteiger partial charge is 0.122 e. The van der Waals surface area contributed by atoms with Crippen molar-refractivity contribution in [3.05, 3.63) is 23.8 Å². The second-order valence-electron chi connectivity index (χ2n) is 5.75. The molecule has 1 aliphatic rings. The highest BCUT2D eigenvalue weighted by molar-refractivity contribution is 5.53. The number of hydrogen-bond acceptors (Lipinski definition) is 3. The van der Waals surface area contributed by atoms with Crippen LogP contribution in [0, 0.1) is 0 Å². The van der Waals surface area contributed by atoms with E-state index in [9.17, 15) is 0 Å². The lowest BCUT2D eigenvalue weighted by Gasteiger charge is -2.25. The van der Waals surface area contributed by atoms with Gasteiger partial charge in [0.05, 0.1) is 7.11 Å². The molecule has 0 amide bonds. The summed E-state index contributed by atoms with van der Waals surface area (Å²) in [6.45, 7) is 6.66. The highest BCUT2D eigenvalue weighted by atomic mass is 16.5. The molecule has 0 bridgehead atoms. The quantitative estimate of drug-likeness (QED) is 0.883. The number of nitrogens with one attached hydrogen (secondary N) is 1. The topological polar surface area (TPSA) is 24.5 Å². The molecule has 1 atom stereocenters. The minimum atomic E-state index is 0.480. The zero-order chi connectivity index (χ0) is 13.8. The average molecular weight is 262 g/mol. The zero-order valence-corrected chi connectivity index (χ0v) is 12.6. The van der Waals surface area contributed by atoms with Crippen molar-refractivity contribution < 1.29 is 4.74 Å². The fourth-order valence-corrected chi connectivity index (χ4v) is 2.76. The van der Waals surface area contributed by atoms with Crippen LogP contribution in [0.5, 0.6) is 5.75 Å². The van der Waals surface area contributed by atoms with Gasteiger partial charge in [0.25, 0.3) is 0 Å². The average Bonchev–Trinajstić information content (AvgIpc) is 2.90. The molecule has 0 aliphatic carbocycles. The van der Waals surface area contributed by atoms with Gasteiger partial charge >= 0.3 is 0 Å². The van der Waals surface area contributed by atoms with Crippen LogP contribution < -0.4 is 15.0 Å². The second kappa shape index (κ2) is 6.29. The summed E-state index contributed by atoms with van der Waals surface area (Å²) in [5, 5.41) is 3.55. The van der Waals surface area contributed by atoms with Gasteiger partial charge in [-0.15, -0.1) is 0 Å². The van der Waals surface area contributed by atoms with Crippen LogP contribution >= 0.6 is 0 Å². The summed E-state index contributed by atoms with van der Waals surface area (Å²) in [5.41, 5.74) is 2.56. The Bertz CT molecular complexity index is 411. The van der Waals surface area contributed by atoms with E-state index in [-0.39, 0.29) is 0 Å². The Labute approximate surface area is 116 Å². The minimum absolute atomic E-state index is 0.480. The summed E-state index contributed by atoms with van der Waals surface area (Å²) in [7, 11) is 3.92. The molecule has 0 saturated carbocycles. The molecule has 1 fully saturated rings. The number of likely N-dealkylation sites (N-methyl/N-ethyl adjacent to an activating group) is 1. The van der Waals surface area contributed by atoms with Gasteiger partial charge in [-0.1, -0.05) is 13.8 Å². The van der Waals surface area contributed by atoms with E-state index >= 15 is 0 Å². The van der Waals surface area contributed by atoms with Gasteiger partial charge in [0, 0.05) is 25.3 Å². The van der Waals surface area contributed by atoms with Crippen molar-refractivity contribution in [1.29, 1.82) is 0 Å². The third-order valence-electron chi connectivity index (χ3n) is 3.93. The third kappa shape index (κ3) is 3.41. The number of ether oxygens (including phenoxy) is 1. The van der Waals surface area contributed by atoms with Gasteiger partial charge in [0.2, 0.25) is 0 Å². The van der Waals surface area contributed by atoms with E-state index in [0.717, 1.165) is 12.3 Å². The number of benzene rings is 1. The molecule has 1 aliphatic heterocycles. The standard InChI is InChI=1S/C16H26N2O/c1-12(2)15-10-14(7-8-16(15)19-4)18(3)11-13-6-5-9-17-13/h7-8,10,12-13,17H,5-6,9,11H2,1-4H3. The fourth-order valence-electron chi connectivity index (χ4n) is 2.76. The summed E-state index contributed by atoms with van der Waals surface area (Å²) in [4.78, 5) is 2.34. The van der Waals surface area contributed by atoms with E-state index in [1.54, 1.807) is 7.11 Å². The van der Waals surface area contributed by atoms with Crippen molar-refractivity contribution in [2.24, 2.45) is 0 Å². The van der Waals surface area contributed by atoms with Crippen molar-refractivity contribution in [3.8, 4) is 5.75 Å². The Morgan fingerprint density at radius 2 is 2.21 bits per heavy atom. The van der Waals surface area contributed by atoms with Crippen LogP contribution in [0.15, 0.2) is 18.2 Å². The molecule has 0 spiro atoms. The van der Waals surface area contributed by atoms with Gasteiger partial charge in [-0.25, -0.2) is 0 Å². The first kappa shape index (κ1) is 14.2. The largest absolute Gasteiger partial charge is 0.496 e. The Morgan fingerprint density at radius 3 is 2.79 bits per heavy atom. The highest BCUT2D eigenvalue weighted by Gasteiger charge is 2.17.